The van der Waals surface area contributed by atoms with Crippen molar-refractivity contribution in [3.05, 3.63) is 36.3 Å². The summed E-state index contributed by atoms with van der Waals surface area (Å²) in [7, 11) is 1.86. The molecule has 0 aliphatic rings. The number of carbonyl (C=O) groups is 1. The number of pyridine rings is 1. The molecule has 0 saturated heterocycles. The number of carbonyl (C=O) groups excluding carboxylic acids is 1. The van der Waals surface area contributed by atoms with Gasteiger partial charge in [0.2, 0.25) is 0 Å². The van der Waals surface area contributed by atoms with E-state index < -0.39 is 11.7 Å². The number of alkyl carbamates (subject to hydrolysis) is 1. The predicted molar refractivity (Wildman–Crippen MR) is 79.5 cm³/mol. The van der Waals surface area contributed by atoms with E-state index in [-0.39, 0.29) is 0 Å². The van der Waals surface area contributed by atoms with E-state index in [4.69, 9.17) is 4.74 Å². The number of nitrogens with zero attached hydrogens (tertiary/aromatic N) is 3. The molecule has 2 aromatic rings. The second-order valence-electron chi connectivity index (χ2n) is 5.81. The lowest BCUT2D eigenvalue weighted by atomic mass is 10.2. The molecule has 1 N–H and O–H groups in total. The summed E-state index contributed by atoms with van der Waals surface area (Å²) in [6.45, 7) is 5.87. The molecule has 6 nitrogen and oxygen atoms in total. The van der Waals surface area contributed by atoms with Crippen LogP contribution in [0.5, 0.6) is 0 Å². The van der Waals surface area contributed by atoms with Crippen LogP contribution >= 0.6 is 0 Å². The maximum atomic E-state index is 11.6. The molecule has 0 bridgehead atoms. The second kappa shape index (κ2) is 5.95. The van der Waals surface area contributed by atoms with Crippen molar-refractivity contribution in [3.63, 3.8) is 0 Å². The molecule has 2 heterocycles. The summed E-state index contributed by atoms with van der Waals surface area (Å²) in [6.07, 6.45) is 4.97. The Morgan fingerprint density at radius 3 is 2.62 bits per heavy atom. The Morgan fingerprint density at radius 1 is 1.33 bits per heavy atom. The van der Waals surface area contributed by atoms with Gasteiger partial charge in [0.05, 0.1) is 11.9 Å². The Labute approximate surface area is 124 Å². The number of ether oxygens (including phenoxy) is 1. The zero-order valence-electron chi connectivity index (χ0n) is 12.8. The summed E-state index contributed by atoms with van der Waals surface area (Å²) in [5.74, 6) is 0. The highest BCUT2D eigenvalue weighted by molar-refractivity contribution is 5.67. The predicted octanol–water partition coefficient (Wildman–Crippen LogP) is 2.51. The first-order valence-corrected chi connectivity index (χ1v) is 6.74. The molecule has 0 aliphatic carbocycles. The molecule has 0 spiro atoms. The highest BCUT2D eigenvalue weighted by atomic mass is 16.6. The minimum Gasteiger partial charge on any atom is -0.444 e. The fourth-order valence-electron chi connectivity index (χ4n) is 1.74. The number of aryl methyl sites for hydroxylation is 1. The van der Waals surface area contributed by atoms with E-state index in [0.29, 0.717) is 6.54 Å². The van der Waals surface area contributed by atoms with Crippen molar-refractivity contribution in [2.45, 2.75) is 32.9 Å². The standard InChI is InChI=1S/C15H20N4O2/c1-15(2,3)21-14(20)17-8-11-5-6-13(16-7-11)12-9-18-19(4)10-12/h5-7,9-10H,8H2,1-4H3,(H,17,20). The van der Waals surface area contributed by atoms with Gasteiger partial charge in [0, 0.05) is 31.5 Å². The van der Waals surface area contributed by atoms with Gasteiger partial charge in [-0.3, -0.25) is 9.67 Å². The molecule has 1 amide bonds. The lowest BCUT2D eigenvalue weighted by Crippen LogP contribution is -2.32. The Balaban J connectivity index is 1.92. The summed E-state index contributed by atoms with van der Waals surface area (Å²) in [5, 5.41) is 6.81. The van der Waals surface area contributed by atoms with E-state index in [2.05, 4.69) is 15.4 Å². The first-order chi connectivity index (χ1) is 9.83. The third kappa shape index (κ3) is 4.59. The van der Waals surface area contributed by atoms with Crippen LogP contribution in [-0.4, -0.2) is 26.5 Å². The highest BCUT2D eigenvalue weighted by Gasteiger charge is 2.15. The maximum Gasteiger partial charge on any atom is 0.407 e. The van der Waals surface area contributed by atoms with Gasteiger partial charge in [-0.1, -0.05) is 6.07 Å². The van der Waals surface area contributed by atoms with Gasteiger partial charge in [-0.05, 0) is 32.4 Å². The maximum absolute atomic E-state index is 11.6. The number of amides is 1. The molecular formula is C15H20N4O2. The van der Waals surface area contributed by atoms with Crippen LogP contribution in [0, 0.1) is 0 Å². The first kappa shape index (κ1) is 15.0. The molecule has 0 unspecified atom stereocenters. The van der Waals surface area contributed by atoms with E-state index in [1.165, 1.54) is 0 Å². The van der Waals surface area contributed by atoms with Crippen LogP contribution in [0.1, 0.15) is 26.3 Å². The average molecular weight is 288 g/mol. The van der Waals surface area contributed by atoms with Crippen LogP contribution in [-0.2, 0) is 18.3 Å². The van der Waals surface area contributed by atoms with Crippen molar-refractivity contribution in [2.24, 2.45) is 7.05 Å². The lowest BCUT2D eigenvalue weighted by molar-refractivity contribution is 0.0523. The molecule has 0 saturated carbocycles. The van der Waals surface area contributed by atoms with E-state index >= 15 is 0 Å². The number of hydrogen-bond acceptors (Lipinski definition) is 4. The minimum absolute atomic E-state index is 0.384. The molecule has 0 aromatic carbocycles. The summed E-state index contributed by atoms with van der Waals surface area (Å²) in [6, 6.07) is 3.83. The van der Waals surface area contributed by atoms with Gasteiger partial charge in [0.15, 0.2) is 0 Å². The molecule has 21 heavy (non-hydrogen) atoms. The Hall–Kier alpha value is -2.37. The van der Waals surface area contributed by atoms with Crippen LogP contribution in [0.15, 0.2) is 30.7 Å². The average Bonchev–Trinajstić information content (AvgIpc) is 2.82. The number of nitrogens with one attached hydrogen (secondary N) is 1. The van der Waals surface area contributed by atoms with Gasteiger partial charge in [0.25, 0.3) is 0 Å². The van der Waals surface area contributed by atoms with Crippen molar-refractivity contribution in [1.29, 1.82) is 0 Å². The lowest BCUT2D eigenvalue weighted by Gasteiger charge is -2.19. The molecule has 2 aromatic heterocycles. The number of aromatic nitrogens is 3. The summed E-state index contributed by atoms with van der Waals surface area (Å²) in [5.41, 5.74) is 2.23. The SMILES string of the molecule is Cn1cc(-c2ccc(CNC(=O)OC(C)(C)C)cn2)cn1. The number of hydrogen-bond donors (Lipinski definition) is 1. The number of rotatable bonds is 3. The summed E-state index contributed by atoms with van der Waals surface area (Å²) < 4.78 is 6.90. The second-order valence-corrected chi connectivity index (χ2v) is 5.81. The van der Waals surface area contributed by atoms with Gasteiger partial charge < -0.3 is 10.1 Å². The van der Waals surface area contributed by atoms with E-state index in [1.54, 1.807) is 17.1 Å². The third-order valence-corrected chi connectivity index (χ3v) is 2.66. The van der Waals surface area contributed by atoms with Crippen LogP contribution in [0.25, 0.3) is 11.3 Å². The van der Waals surface area contributed by atoms with Crippen LogP contribution in [0.3, 0.4) is 0 Å². The Bertz CT molecular complexity index is 611. The smallest absolute Gasteiger partial charge is 0.407 e. The van der Waals surface area contributed by atoms with Crippen LogP contribution < -0.4 is 5.32 Å². The molecule has 2 rings (SSSR count). The summed E-state index contributed by atoms with van der Waals surface area (Å²) >= 11 is 0. The molecule has 0 fully saturated rings. The zero-order valence-corrected chi connectivity index (χ0v) is 12.8. The first-order valence-electron chi connectivity index (χ1n) is 6.74. The van der Waals surface area contributed by atoms with Crippen LogP contribution in [0.4, 0.5) is 4.79 Å². The normalized spacial score (nSPS) is 11.2. The molecule has 0 radical (unpaired) electrons. The van der Waals surface area contributed by atoms with Gasteiger partial charge in [-0.15, -0.1) is 0 Å². The fraction of sp³-hybridized carbons (Fsp3) is 0.400. The molecule has 0 atom stereocenters. The molecular weight excluding hydrogens is 268 g/mol. The quantitative estimate of drug-likeness (QED) is 0.942. The zero-order chi connectivity index (χ0) is 15.5. The minimum atomic E-state index is -0.494. The van der Waals surface area contributed by atoms with E-state index in [9.17, 15) is 4.79 Å². The fourth-order valence-corrected chi connectivity index (χ4v) is 1.74. The van der Waals surface area contributed by atoms with Gasteiger partial charge >= 0.3 is 6.09 Å². The van der Waals surface area contributed by atoms with E-state index in [1.807, 2.05) is 46.1 Å². The topological polar surface area (TPSA) is 69.0 Å². The van der Waals surface area contributed by atoms with Crippen molar-refractivity contribution in [1.82, 2.24) is 20.1 Å². The van der Waals surface area contributed by atoms with Crippen molar-refractivity contribution >= 4 is 6.09 Å². The van der Waals surface area contributed by atoms with Gasteiger partial charge in [-0.25, -0.2) is 4.79 Å². The molecule has 112 valence electrons. The largest absolute Gasteiger partial charge is 0.444 e. The Kier molecular flexibility index (Phi) is 4.26. The molecule has 6 heteroatoms. The van der Waals surface area contributed by atoms with Crippen LogP contribution in [0.2, 0.25) is 0 Å². The molecule has 0 aliphatic heterocycles. The van der Waals surface area contributed by atoms with Crippen molar-refractivity contribution in [2.75, 3.05) is 0 Å². The van der Waals surface area contributed by atoms with Gasteiger partial charge in [0.1, 0.15) is 5.60 Å². The summed E-state index contributed by atoms with van der Waals surface area (Å²) in [4.78, 5) is 15.9. The monoisotopic (exact) mass is 288 g/mol. The Morgan fingerprint density at radius 2 is 2.10 bits per heavy atom. The van der Waals surface area contributed by atoms with Gasteiger partial charge in [-0.2, -0.15) is 5.10 Å². The van der Waals surface area contributed by atoms with E-state index in [0.717, 1.165) is 16.8 Å². The highest BCUT2D eigenvalue weighted by Crippen LogP contribution is 2.15. The van der Waals surface area contributed by atoms with Crippen molar-refractivity contribution in [3.8, 4) is 11.3 Å². The van der Waals surface area contributed by atoms with Crippen molar-refractivity contribution < 1.29 is 9.53 Å². The third-order valence-electron chi connectivity index (χ3n) is 2.66.